The number of nitrogens with one attached hydrogen (secondary N) is 1. The number of piperazine rings is 1. The summed E-state index contributed by atoms with van der Waals surface area (Å²) in [6, 6.07) is 13.1. The third-order valence-electron chi connectivity index (χ3n) is 6.16. The van der Waals surface area contributed by atoms with E-state index in [0.29, 0.717) is 18.8 Å². The van der Waals surface area contributed by atoms with Crippen LogP contribution in [0.25, 0.3) is 5.69 Å². The summed E-state index contributed by atoms with van der Waals surface area (Å²) >= 11 is 0. The standard InChI is InChI=1S/C24H23FN4O2/c1-15-5-2-3-6-18(15)22-23(30)26-13-14-28(22)24(31)21-19-7-4-8-20(19)29(27-21)17-11-9-16(25)10-12-17/h2-3,5-6,9-12,22H,4,7-8,13-14H2,1H3,(H,26,30). The Morgan fingerprint density at radius 1 is 1.13 bits per heavy atom. The molecule has 31 heavy (non-hydrogen) atoms. The van der Waals surface area contributed by atoms with Gasteiger partial charge in [-0.15, -0.1) is 0 Å². The van der Waals surface area contributed by atoms with Crippen molar-refractivity contribution in [3.8, 4) is 5.69 Å². The molecule has 2 aromatic carbocycles. The van der Waals surface area contributed by atoms with Gasteiger partial charge in [-0.05, 0) is 61.6 Å². The molecule has 5 rings (SSSR count). The van der Waals surface area contributed by atoms with E-state index in [1.54, 1.807) is 21.7 Å². The summed E-state index contributed by atoms with van der Waals surface area (Å²) in [5.74, 6) is -0.727. The zero-order valence-electron chi connectivity index (χ0n) is 17.3. The van der Waals surface area contributed by atoms with Crippen molar-refractivity contribution in [3.63, 3.8) is 0 Å². The van der Waals surface area contributed by atoms with E-state index in [4.69, 9.17) is 0 Å². The number of rotatable bonds is 3. The van der Waals surface area contributed by atoms with Crippen molar-refractivity contribution in [2.24, 2.45) is 0 Å². The molecule has 1 aliphatic heterocycles. The molecule has 1 fully saturated rings. The van der Waals surface area contributed by atoms with Crippen LogP contribution in [0.15, 0.2) is 48.5 Å². The maximum atomic E-state index is 13.7. The van der Waals surface area contributed by atoms with Crippen LogP contribution < -0.4 is 5.32 Å². The van der Waals surface area contributed by atoms with E-state index in [1.165, 1.54) is 12.1 Å². The van der Waals surface area contributed by atoms with Gasteiger partial charge in [-0.1, -0.05) is 24.3 Å². The minimum atomic E-state index is -0.685. The number of nitrogens with zero attached hydrogens (tertiary/aromatic N) is 3. The topological polar surface area (TPSA) is 67.2 Å². The number of aryl methyl sites for hydroxylation is 1. The Morgan fingerprint density at radius 3 is 2.68 bits per heavy atom. The zero-order valence-corrected chi connectivity index (χ0v) is 17.3. The van der Waals surface area contributed by atoms with E-state index in [-0.39, 0.29) is 17.6 Å². The van der Waals surface area contributed by atoms with Gasteiger partial charge in [0.1, 0.15) is 11.9 Å². The van der Waals surface area contributed by atoms with Gasteiger partial charge in [0, 0.05) is 24.3 Å². The Balaban J connectivity index is 1.56. The maximum absolute atomic E-state index is 13.7. The summed E-state index contributed by atoms with van der Waals surface area (Å²) in [6.07, 6.45) is 2.53. The van der Waals surface area contributed by atoms with Gasteiger partial charge in [0.05, 0.1) is 5.69 Å². The molecule has 2 heterocycles. The molecule has 2 aliphatic rings. The molecule has 2 amide bonds. The smallest absolute Gasteiger partial charge is 0.275 e. The summed E-state index contributed by atoms with van der Waals surface area (Å²) in [7, 11) is 0. The number of carbonyl (C=O) groups excluding carboxylic acids is 2. The molecule has 1 saturated heterocycles. The van der Waals surface area contributed by atoms with Crippen molar-refractivity contribution in [2.75, 3.05) is 13.1 Å². The maximum Gasteiger partial charge on any atom is 0.275 e. The Morgan fingerprint density at radius 2 is 1.90 bits per heavy atom. The van der Waals surface area contributed by atoms with Crippen LogP contribution in [0, 0.1) is 12.7 Å². The third kappa shape index (κ3) is 3.30. The van der Waals surface area contributed by atoms with E-state index < -0.39 is 6.04 Å². The Kier molecular flexibility index (Phi) is 4.81. The quantitative estimate of drug-likeness (QED) is 0.711. The summed E-state index contributed by atoms with van der Waals surface area (Å²) in [5.41, 5.74) is 4.83. The number of aromatic nitrogens is 2. The fraction of sp³-hybridized carbons (Fsp3) is 0.292. The van der Waals surface area contributed by atoms with Crippen LogP contribution in [0.3, 0.4) is 0 Å². The minimum absolute atomic E-state index is 0.177. The van der Waals surface area contributed by atoms with Crippen molar-refractivity contribution in [2.45, 2.75) is 32.2 Å². The first kappa shape index (κ1) is 19.5. The molecule has 158 valence electrons. The molecule has 0 radical (unpaired) electrons. The number of carbonyl (C=O) groups is 2. The lowest BCUT2D eigenvalue weighted by atomic mass is 9.97. The van der Waals surface area contributed by atoms with Crippen molar-refractivity contribution in [1.29, 1.82) is 0 Å². The first-order valence-corrected chi connectivity index (χ1v) is 10.6. The summed E-state index contributed by atoms with van der Waals surface area (Å²) in [4.78, 5) is 28.2. The molecule has 6 nitrogen and oxygen atoms in total. The lowest BCUT2D eigenvalue weighted by Gasteiger charge is -2.35. The van der Waals surface area contributed by atoms with Crippen LogP contribution in [0.2, 0.25) is 0 Å². The molecule has 0 saturated carbocycles. The first-order valence-electron chi connectivity index (χ1n) is 10.6. The van der Waals surface area contributed by atoms with Gasteiger partial charge in [-0.3, -0.25) is 9.59 Å². The summed E-state index contributed by atoms with van der Waals surface area (Å²) in [6.45, 7) is 2.77. The highest BCUT2D eigenvalue weighted by atomic mass is 19.1. The normalized spacial score (nSPS) is 18.1. The molecule has 0 bridgehead atoms. The Hall–Kier alpha value is -3.48. The van der Waals surface area contributed by atoms with Gasteiger partial charge in [0.2, 0.25) is 5.91 Å². The Bertz CT molecular complexity index is 1170. The van der Waals surface area contributed by atoms with Gasteiger partial charge in [-0.2, -0.15) is 5.10 Å². The van der Waals surface area contributed by atoms with Gasteiger partial charge in [0.25, 0.3) is 5.91 Å². The van der Waals surface area contributed by atoms with E-state index in [9.17, 15) is 14.0 Å². The van der Waals surface area contributed by atoms with Crippen molar-refractivity contribution in [1.82, 2.24) is 20.0 Å². The molecular weight excluding hydrogens is 395 g/mol. The lowest BCUT2D eigenvalue weighted by Crippen LogP contribution is -2.52. The fourth-order valence-electron chi connectivity index (χ4n) is 4.63. The molecule has 1 aromatic heterocycles. The average molecular weight is 418 g/mol. The van der Waals surface area contributed by atoms with Crippen molar-refractivity contribution < 1.29 is 14.0 Å². The van der Waals surface area contributed by atoms with Crippen LogP contribution in [0.1, 0.15) is 45.3 Å². The van der Waals surface area contributed by atoms with Crippen LogP contribution in [-0.2, 0) is 17.6 Å². The molecule has 3 aromatic rings. The molecule has 7 heteroatoms. The van der Waals surface area contributed by atoms with Gasteiger partial charge in [-0.25, -0.2) is 9.07 Å². The highest BCUT2D eigenvalue weighted by Gasteiger charge is 2.38. The van der Waals surface area contributed by atoms with E-state index in [2.05, 4.69) is 10.4 Å². The molecular formula is C24H23FN4O2. The first-order chi connectivity index (χ1) is 15.0. The monoisotopic (exact) mass is 418 g/mol. The lowest BCUT2D eigenvalue weighted by molar-refractivity contribution is -0.128. The van der Waals surface area contributed by atoms with E-state index in [0.717, 1.165) is 47.3 Å². The number of benzene rings is 2. The third-order valence-corrected chi connectivity index (χ3v) is 6.16. The van der Waals surface area contributed by atoms with Crippen LogP contribution >= 0.6 is 0 Å². The number of hydrogen-bond acceptors (Lipinski definition) is 3. The van der Waals surface area contributed by atoms with Crippen molar-refractivity contribution >= 4 is 11.8 Å². The summed E-state index contributed by atoms with van der Waals surface area (Å²) in [5, 5.41) is 7.54. The molecule has 1 N–H and O–H groups in total. The summed E-state index contributed by atoms with van der Waals surface area (Å²) < 4.78 is 15.1. The largest absolute Gasteiger partial charge is 0.352 e. The SMILES string of the molecule is Cc1ccccc1C1C(=O)NCCN1C(=O)c1nn(-c2ccc(F)cc2)c2c1CCC2. The van der Waals surface area contributed by atoms with Crippen LogP contribution in [0.4, 0.5) is 4.39 Å². The Labute approximate surface area is 179 Å². The average Bonchev–Trinajstić information content (AvgIpc) is 3.37. The molecule has 1 unspecified atom stereocenters. The highest BCUT2D eigenvalue weighted by Crippen LogP contribution is 2.32. The van der Waals surface area contributed by atoms with Gasteiger partial charge < -0.3 is 10.2 Å². The number of hydrogen-bond donors (Lipinski definition) is 1. The number of amides is 2. The molecule has 0 spiro atoms. The second kappa shape index (κ2) is 7.65. The number of fused-ring (bicyclic) bond motifs is 1. The fourth-order valence-corrected chi connectivity index (χ4v) is 4.63. The molecule has 1 aliphatic carbocycles. The second-order valence-electron chi connectivity index (χ2n) is 8.06. The predicted molar refractivity (Wildman–Crippen MR) is 114 cm³/mol. The zero-order chi connectivity index (χ0) is 21.5. The van der Waals surface area contributed by atoms with Crippen molar-refractivity contribution in [3.05, 3.63) is 82.4 Å². The molecule has 1 atom stereocenters. The minimum Gasteiger partial charge on any atom is -0.352 e. The van der Waals surface area contributed by atoms with Gasteiger partial charge in [0.15, 0.2) is 5.69 Å². The highest BCUT2D eigenvalue weighted by molar-refractivity contribution is 5.98. The number of halogens is 1. The van der Waals surface area contributed by atoms with Crippen LogP contribution in [-0.4, -0.2) is 39.6 Å². The second-order valence-corrected chi connectivity index (χ2v) is 8.06. The van der Waals surface area contributed by atoms with E-state index in [1.807, 2.05) is 31.2 Å². The predicted octanol–water partition coefficient (Wildman–Crippen LogP) is 3.12. The van der Waals surface area contributed by atoms with Crippen LogP contribution in [0.5, 0.6) is 0 Å². The van der Waals surface area contributed by atoms with Gasteiger partial charge >= 0.3 is 0 Å². The van der Waals surface area contributed by atoms with E-state index >= 15 is 0 Å².